The van der Waals surface area contributed by atoms with Crippen LogP contribution in [-0.4, -0.2) is 67.1 Å². The molecule has 0 spiro atoms. The maximum Gasteiger partial charge on any atom is 0.247 e. The van der Waals surface area contributed by atoms with Crippen LogP contribution in [0.4, 0.5) is 17.3 Å². The van der Waals surface area contributed by atoms with Crippen molar-refractivity contribution in [1.82, 2.24) is 14.9 Å². The van der Waals surface area contributed by atoms with Crippen molar-refractivity contribution in [3.63, 3.8) is 0 Å². The van der Waals surface area contributed by atoms with E-state index in [1.807, 2.05) is 17.0 Å². The Morgan fingerprint density at radius 1 is 1.07 bits per heavy atom. The van der Waals surface area contributed by atoms with Gasteiger partial charge in [0.2, 0.25) is 11.9 Å². The fraction of sp³-hybridized carbons (Fsp3) is 0.522. The maximum absolute atomic E-state index is 12.9. The van der Waals surface area contributed by atoms with Crippen molar-refractivity contribution in [2.45, 2.75) is 31.7 Å². The molecule has 0 bridgehead atoms. The Morgan fingerprint density at radius 2 is 1.77 bits per heavy atom. The third kappa shape index (κ3) is 4.90. The zero-order valence-corrected chi connectivity index (χ0v) is 18.0. The van der Waals surface area contributed by atoms with Gasteiger partial charge in [-0.1, -0.05) is 0 Å². The topological polar surface area (TPSA) is 64.6 Å². The summed E-state index contributed by atoms with van der Waals surface area (Å²) in [6, 6.07) is 9.83. The van der Waals surface area contributed by atoms with Crippen LogP contribution in [0.15, 0.2) is 42.7 Å². The SMILES string of the molecule is CN(C)CC1CCN(c2ccc(NC(=O)[C@@H]3CCCN3c3ncccn3)cc2)CC1. The van der Waals surface area contributed by atoms with E-state index in [1.165, 1.54) is 25.1 Å². The second-order valence-corrected chi connectivity index (χ2v) is 8.63. The minimum atomic E-state index is -0.220. The van der Waals surface area contributed by atoms with E-state index < -0.39 is 0 Å². The van der Waals surface area contributed by atoms with E-state index in [-0.39, 0.29) is 11.9 Å². The average molecular weight is 409 g/mol. The van der Waals surface area contributed by atoms with Crippen LogP contribution in [0.2, 0.25) is 0 Å². The lowest BCUT2D eigenvalue weighted by atomic mass is 9.96. The quantitative estimate of drug-likeness (QED) is 0.793. The fourth-order valence-electron chi connectivity index (χ4n) is 4.59. The van der Waals surface area contributed by atoms with Crippen LogP contribution in [0, 0.1) is 5.92 Å². The molecule has 7 heteroatoms. The lowest BCUT2D eigenvalue weighted by molar-refractivity contribution is -0.117. The zero-order valence-electron chi connectivity index (χ0n) is 18.0. The third-order valence-corrected chi connectivity index (χ3v) is 6.10. The highest BCUT2D eigenvalue weighted by Crippen LogP contribution is 2.26. The number of nitrogens with one attached hydrogen (secondary N) is 1. The Labute approximate surface area is 179 Å². The minimum absolute atomic E-state index is 0.0113. The number of piperidine rings is 1. The second-order valence-electron chi connectivity index (χ2n) is 8.63. The van der Waals surface area contributed by atoms with Gasteiger partial charge in [-0.3, -0.25) is 4.79 Å². The Balaban J connectivity index is 1.33. The highest BCUT2D eigenvalue weighted by molar-refractivity contribution is 5.97. The Bertz CT molecular complexity index is 817. The molecule has 0 unspecified atom stereocenters. The molecule has 3 heterocycles. The predicted molar refractivity (Wildman–Crippen MR) is 121 cm³/mol. The molecule has 2 aliphatic rings. The maximum atomic E-state index is 12.9. The summed E-state index contributed by atoms with van der Waals surface area (Å²) in [6.45, 7) is 4.17. The van der Waals surface area contributed by atoms with Crippen LogP contribution in [0.25, 0.3) is 0 Å². The first-order chi connectivity index (χ1) is 14.6. The van der Waals surface area contributed by atoms with E-state index in [1.54, 1.807) is 18.5 Å². The molecule has 1 aromatic heterocycles. The van der Waals surface area contributed by atoms with Crippen LogP contribution >= 0.6 is 0 Å². The lowest BCUT2D eigenvalue weighted by Gasteiger charge is -2.34. The second kappa shape index (κ2) is 9.43. The smallest absolute Gasteiger partial charge is 0.247 e. The van der Waals surface area contributed by atoms with E-state index in [0.717, 1.165) is 44.1 Å². The number of carbonyl (C=O) groups excluding carboxylic acids is 1. The number of amides is 1. The lowest BCUT2D eigenvalue weighted by Crippen LogP contribution is -2.40. The molecule has 0 aliphatic carbocycles. The van der Waals surface area contributed by atoms with Gasteiger partial charge in [0.25, 0.3) is 0 Å². The number of anilines is 3. The van der Waals surface area contributed by atoms with Crippen molar-refractivity contribution < 1.29 is 4.79 Å². The highest BCUT2D eigenvalue weighted by Gasteiger charge is 2.32. The van der Waals surface area contributed by atoms with Crippen LogP contribution in [0.5, 0.6) is 0 Å². The van der Waals surface area contributed by atoms with Crippen LogP contribution in [0.3, 0.4) is 0 Å². The molecule has 2 fully saturated rings. The number of nitrogens with zero attached hydrogens (tertiary/aromatic N) is 5. The van der Waals surface area contributed by atoms with Crippen LogP contribution < -0.4 is 15.1 Å². The van der Waals surface area contributed by atoms with Gasteiger partial charge in [-0.25, -0.2) is 9.97 Å². The van der Waals surface area contributed by atoms with E-state index in [0.29, 0.717) is 5.95 Å². The van der Waals surface area contributed by atoms with Crippen LogP contribution in [-0.2, 0) is 4.79 Å². The normalized spacial score (nSPS) is 20.0. The third-order valence-electron chi connectivity index (χ3n) is 6.10. The van der Waals surface area contributed by atoms with Gasteiger partial charge in [0.05, 0.1) is 0 Å². The molecule has 1 atom stereocenters. The van der Waals surface area contributed by atoms with E-state index in [2.05, 4.69) is 51.3 Å². The van der Waals surface area contributed by atoms with Gasteiger partial charge in [-0.05, 0) is 76.0 Å². The number of hydrogen-bond donors (Lipinski definition) is 1. The van der Waals surface area contributed by atoms with Crippen molar-refractivity contribution >= 4 is 23.2 Å². The highest BCUT2D eigenvalue weighted by atomic mass is 16.2. The summed E-state index contributed by atoms with van der Waals surface area (Å²) in [7, 11) is 4.30. The molecule has 2 saturated heterocycles. The van der Waals surface area contributed by atoms with Crippen molar-refractivity contribution in [1.29, 1.82) is 0 Å². The molecule has 30 heavy (non-hydrogen) atoms. The largest absolute Gasteiger partial charge is 0.372 e. The van der Waals surface area contributed by atoms with Gasteiger partial charge in [-0.15, -0.1) is 0 Å². The molecule has 2 aromatic rings. The average Bonchev–Trinajstić information content (AvgIpc) is 3.25. The first-order valence-electron chi connectivity index (χ1n) is 10.9. The summed E-state index contributed by atoms with van der Waals surface area (Å²) in [5.41, 5.74) is 2.07. The standard InChI is InChI=1S/C23H32N6O/c1-27(2)17-18-10-15-28(16-11-18)20-8-6-19(7-9-20)26-22(30)21-5-3-14-29(21)23-24-12-4-13-25-23/h4,6-9,12-13,18,21H,3,5,10-11,14-17H2,1-2H3,(H,26,30)/t21-/m0/s1. The van der Waals surface area contributed by atoms with Gasteiger partial charge >= 0.3 is 0 Å². The van der Waals surface area contributed by atoms with Gasteiger partial charge in [-0.2, -0.15) is 0 Å². The molecular formula is C23H32N6O. The molecule has 1 aromatic carbocycles. The molecule has 7 nitrogen and oxygen atoms in total. The minimum Gasteiger partial charge on any atom is -0.372 e. The zero-order chi connectivity index (χ0) is 20.9. The number of rotatable bonds is 6. The molecule has 160 valence electrons. The van der Waals surface area contributed by atoms with E-state index in [4.69, 9.17) is 0 Å². The molecule has 0 saturated carbocycles. The summed E-state index contributed by atoms with van der Waals surface area (Å²) in [6.07, 6.45) is 7.70. The number of hydrogen-bond acceptors (Lipinski definition) is 6. The van der Waals surface area contributed by atoms with Gasteiger partial charge in [0.1, 0.15) is 6.04 Å². The fourth-order valence-corrected chi connectivity index (χ4v) is 4.59. The Hall–Kier alpha value is -2.67. The molecule has 2 aliphatic heterocycles. The van der Waals surface area contributed by atoms with Crippen molar-refractivity contribution in [3.8, 4) is 0 Å². The number of carbonyl (C=O) groups is 1. The summed E-state index contributed by atoms with van der Waals surface area (Å²) in [5.74, 6) is 1.43. The van der Waals surface area contributed by atoms with E-state index in [9.17, 15) is 4.79 Å². The van der Waals surface area contributed by atoms with E-state index >= 15 is 0 Å². The summed E-state index contributed by atoms with van der Waals surface area (Å²) in [5, 5.41) is 3.08. The first-order valence-corrected chi connectivity index (χ1v) is 10.9. The number of benzene rings is 1. The molecule has 4 rings (SSSR count). The first kappa shape index (κ1) is 20.6. The van der Waals surface area contributed by atoms with Crippen molar-refractivity contribution in [2.24, 2.45) is 5.92 Å². The van der Waals surface area contributed by atoms with Gasteiger partial charge < -0.3 is 20.0 Å². The van der Waals surface area contributed by atoms with Crippen molar-refractivity contribution in [3.05, 3.63) is 42.7 Å². The predicted octanol–water partition coefficient (Wildman–Crippen LogP) is 2.86. The summed E-state index contributed by atoms with van der Waals surface area (Å²) < 4.78 is 0. The Morgan fingerprint density at radius 3 is 2.43 bits per heavy atom. The van der Waals surface area contributed by atoms with Gasteiger partial charge in [0, 0.05) is 49.9 Å². The van der Waals surface area contributed by atoms with Crippen LogP contribution in [0.1, 0.15) is 25.7 Å². The molecular weight excluding hydrogens is 376 g/mol. The summed E-state index contributed by atoms with van der Waals surface area (Å²) >= 11 is 0. The summed E-state index contributed by atoms with van der Waals surface area (Å²) in [4.78, 5) is 28.2. The molecule has 1 N–H and O–H groups in total. The number of aromatic nitrogens is 2. The molecule has 0 radical (unpaired) electrons. The molecule has 1 amide bonds. The van der Waals surface area contributed by atoms with Crippen molar-refractivity contribution in [2.75, 3.05) is 55.4 Å². The monoisotopic (exact) mass is 408 g/mol. The Kier molecular flexibility index (Phi) is 6.47. The van der Waals surface area contributed by atoms with Gasteiger partial charge in [0.15, 0.2) is 0 Å².